The number of rotatable bonds is 9. The molecule has 3 saturated carbocycles. The van der Waals surface area contributed by atoms with Crippen LogP contribution in [0, 0.1) is 45.8 Å². The molecular formula is C39H65N2O6+. The van der Waals surface area contributed by atoms with Crippen molar-refractivity contribution in [1.82, 2.24) is 0 Å². The summed E-state index contributed by atoms with van der Waals surface area (Å²) in [6, 6.07) is 0. The largest absolute Gasteiger partial charge is 0.393 e. The molecule has 5 aliphatic carbocycles. The van der Waals surface area contributed by atoms with Crippen molar-refractivity contribution in [2.45, 2.75) is 173 Å². The van der Waals surface area contributed by atoms with E-state index in [1.807, 2.05) is 6.92 Å². The van der Waals surface area contributed by atoms with Crippen LogP contribution in [0.5, 0.6) is 0 Å². The summed E-state index contributed by atoms with van der Waals surface area (Å²) in [7, 11) is 0. The number of ketones is 1. The van der Waals surface area contributed by atoms with Crippen LogP contribution in [0.2, 0.25) is 0 Å². The van der Waals surface area contributed by atoms with E-state index in [9.17, 15) is 25.2 Å². The number of Topliss-reactive ketones (excluding diaryl/α,β-unsaturated/α-hetero) is 1. The number of nitrogens with two attached hydrogens (primary N) is 2. The van der Waals surface area contributed by atoms with Gasteiger partial charge in [-0.2, -0.15) is 0 Å². The zero-order valence-electron chi connectivity index (χ0n) is 30.1. The fourth-order valence-electron chi connectivity index (χ4n) is 12.9. The Bertz CT molecular complexity index is 1300. The van der Waals surface area contributed by atoms with E-state index in [-0.39, 0.29) is 41.0 Å². The molecule has 2 heterocycles. The molecule has 0 aromatic heterocycles. The lowest BCUT2D eigenvalue weighted by atomic mass is 9.42. The molecule has 2 saturated heterocycles. The third-order valence-electron chi connectivity index (χ3n) is 16.2. The zero-order chi connectivity index (χ0) is 33.9. The number of ether oxygens (including phenoxy) is 1. The molecule has 0 aromatic rings. The Morgan fingerprint density at radius 2 is 1.72 bits per heavy atom. The lowest BCUT2D eigenvalue weighted by Gasteiger charge is -2.63. The Morgan fingerprint density at radius 1 is 0.979 bits per heavy atom. The van der Waals surface area contributed by atoms with Gasteiger partial charge in [0.15, 0.2) is 5.78 Å². The first-order chi connectivity index (χ1) is 22.0. The van der Waals surface area contributed by atoms with Crippen molar-refractivity contribution >= 4 is 5.78 Å². The lowest BCUT2D eigenvalue weighted by molar-refractivity contribution is -0.699. The summed E-state index contributed by atoms with van der Waals surface area (Å²) < 4.78 is 6.47. The van der Waals surface area contributed by atoms with Gasteiger partial charge in [0.2, 0.25) is 0 Å². The van der Waals surface area contributed by atoms with Gasteiger partial charge in [-0.25, -0.2) is 0 Å². The minimum absolute atomic E-state index is 0.0159. The third kappa shape index (κ3) is 4.81. The number of piperidine rings is 1. The maximum Gasteiger partial charge on any atom is 0.162 e. The maximum atomic E-state index is 14.2. The molecule has 7 aliphatic rings. The van der Waals surface area contributed by atoms with E-state index in [1.165, 1.54) is 0 Å². The number of hydrogen-bond donors (Lipinski definition) is 6. The summed E-state index contributed by atoms with van der Waals surface area (Å²) in [5, 5.41) is 51.2. The molecule has 0 bridgehead atoms. The van der Waals surface area contributed by atoms with Gasteiger partial charge in [-0.15, -0.1) is 0 Å². The number of carbonyl (C=O) groups excluding carboxylic acids is 1. The summed E-state index contributed by atoms with van der Waals surface area (Å²) in [5.41, 5.74) is 3.34. The summed E-state index contributed by atoms with van der Waals surface area (Å²) in [6.45, 7) is 13.8. The number of fused-ring (bicyclic) bond motifs is 2. The van der Waals surface area contributed by atoms with Crippen LogP contribution in [0.1, 0.15) is 131 Å². The second-order valence-corrected chi connectivity index (χ2v) is 18.9. The van der Waals surface area contributed by atoms with E-state index in [0.717, 1.165) is 75.5 Å². The van der Waals surface area contributed by atoms with Gasteiger partial charge in [0.25, 0.3) is 0 Å². The van der Waals surface area contributed by atoms with E-state index < -0.39 is 45.9 Å². The molecule has 0 spiro atoms. The van der Waals surface area contributed by atoms with E-state index in [4.69, 9.17) is 10.5 Å². The number of aliphatic hydroxyl groups is 4. The number of hydrogen-bond acceptors (Lipinski definition) is 7. The summed E-state index contributed by atoms with van der Waals surface area (Å²) in [4.78, 5) is 14.2. The highest BCUT2D eigenvalue weighted by Crippen LogP contribution is 2.74. The first kappa shape index (κ1) is 34.6. The monoisotopic (exact) mass is 657 g/mol. The van der Waals surface area contributed by atoms with E-state index in [2.05, 4.69) is 39.9 Å². The van der Waals surface area contributed by atoms with Crippen LogP contribution < -0.4 is 11.1 Å². The molecule has 0 radical (unpaired) electrons. The van der Waals surface area contributed by atoms with Crippen LogP contribution in [0.15, 0.2) is 11.1 Å². The summed E-state index contributed by atoms with van der Waals surface area (Å²) in [6.07, 6.45) is 10.0. The second-order valence-electron chi connectivity index (χ2n) is 18.9. The van der Waals surface area contributed by atoms with Gasteiger partial charge >= 0.3 is 0 Å². The van der Waals surface area contributed by atoms with Crippen LogP contribution in [-0.4, -0.2) is 74.0 Å². The second kappa shape index (κ2) is 11.3. The van der Waals surface area contributed by atoms with Crippen molar-refractivity contribution in [2.24, 2.45) is 51.6 Å². The van der Waals surface area contributed by atoms with Crippen molar-refractivity contribution in [3.8, 4) is 0 Å². The molecule has 5 fully saturated rings. The molecule has 2 aliphatic heterocycles. The highest BCUT2D eigenvalue weighted by molar-refractivity contribution is 6.00. The Kier molecular flexibility index (Phi) is 8.32. The highest BCUT2D eigenvalue weighted by atomic mass is 16.6. The van der Waals surface area contributed by atoms with Gasteiger partial charge in [0.1, 0.15) is 18.4 Å². The highest BCUT2D eigenvalue weighted by Gasteiger charge is 2.76. The van der Waals surface area contributed by atoms with E-state index >= 15 is 0 Å². The molecule has 8 heteroatoms. The summed E-state index contributed by atoms with van der Waals surface area (Å²) in [5.74, 6) is 0.469. The average Bonchev–Trinajstić information content (AvgIpc) is 3.79. The average molecular weight is 658 g/mol. The first-order valence-corrected chi connectivity index (χ1v) is 19.3. The van der Waals surface area contributed by atoms with Gasteiger partial charge in [0.05, 0.1) is 29.5 Å². The molecule has 14 atom stereocenters. The van der Waals surface area contributed by atoms with Crippen LogP contribution >= 0.6 is 0 Å². The molecule has 7 rings (SSSR count). The molecule has 8 nitrogen and oxygen atoms in total. The van der Waals surface area contributed by atoms with Crippen LogP contribution in [0.3, 0.4) is 0 Å². The molecular weight excluding hydrogens is 592 g/mol. The van der Waals surface area contributed by atoms with Crippen molar-refractivity contribution in [1.29, 1.82) is 0 Å². The molecule has 8 N–H and O–H groups in total. The Labute approximate surface area is 282 Å². The number of allylic oxidation sites excluding steroid dienone is 1. The minimum Gasteiger partial charge on any atom is -0.393 e. The molecule has 266 valence electrons. The van der Waals surface area contributed by atoms with Crippen molar-refractivity contribution in [3.63, 3.8) is 0 Å². The van der Waals surface area contributed by atoms with Gasteiger partial charge < -0.3 is 30.5 Å². The first-order valence-electron chi connectivity index (χ1n) is 19.3. The number of carbonyl (C=O) groups is 1. The van der Waals surface area contributed by atoms with Crippen molar-refractivity contribution < 1.29 is 35.3 Å². The number of aliphatic hydroxyl groups excluding tert-OH is 1. The molecule has 0 amide bonds. The van der Waals surface area contributed by atoms with Gasteiger partial charge in [-0.3, -0.25) is 10.5 Å². The predicted octanol–water partition coefficient (Wildman–Crippen LogP) is 3.72. The normalized spacial score (nSPS) is 48.7. The van der Waals surface area contributed by atoms with E-state index in [0.29, 0.717) is 38.0 Å². The number of quaternary nitrogens is 1. The maximum absolute atomic E-state index is 14.2. The predicted molar refractivity (Wildman–Crippen MR) is 180 cm³/mol. The van der Waals surface area contributed by atoms with Gasteiger partial charge in [-0.05, 0) is 130 Å². The summed E-state index contributed by atoms with van der Waals surface area (Å²) >= 11 is 0. The van der Waals surface area contributed by atoms with Crippen molar-refractivity contribution in [2.75, 3.05) is 6.54 Å². The van der Waals surface area contributed by atoms with E-state index in [1.54, 1.807) is 0 Å². The fourth-order valence-corrected chi connectivity index (χ4v) is 12.9. The third-order valence-corrected chi connectivity index (χ3v) is 16.2. The fraction of sp³-hybridized carbons (Fsp3) is 0.923. The lowest BCUT2D eigenvalue weighted by Crippen LogP contribution is -2.94. The van der Waals surface area contributed by atoms with Gasteiger partial charge in [0, 0.05) is 17.8 Å². The SMILES string of the molecule is CCC[C@](O)([C@@H]1O[C@@H]1[C@](C)(O)C(C)(C)CCC1CC[NH2+]C(N)C1)[C@@H]1C[C@H]2CCC3=C4[C@H](CC[C@@]1(C)[C@]42O)[C@]1(C)CC[C@H](O)C[C@H]1C3=O. The minimum atomic E-state index is -1.19. The Balaban J connectivity index is 1.17. The van der Waals surface area contributed by atoms with Gasteiger partial charge in [-0.1, -0.05) is 41.0 Å². The van der Waals surface area contributed by atoms with Crippen LogP contribution in [0.25, 0.3) is 0 Å². The van der Waals surface area contributed by atoms with Crippen LogP contribution in [-0.2, 0) is 9.53 Å². The number of epoxide rings is 1. The molecule has 0 aromatic carbocycles. The quantitative estimate of drug-likeness (QED) is 0.207. The standard InChI is InChI=1S/C39H64N2O6/c1-7-14-38(45,33-32(47-33)37(6,44)34(2,3)15-10-22-13-18-41-29(40)19-22)28-20-23-8-9-25-30-26(12-17-36(28,5)39(23,30)46)35(4)16-11-24(42)21-27(35)31(25)43/h22-24,26-29,32-33,41-42,44-46H,7-21,40H2,1-6H3/p+1/t22?,23-,24+,26+,27+,28-,29?,32+,33-,35+,36-,37+,38-,39-/m1/s1. The Hall–Kier alpha value is -0.870. The Morgan fingerprint density at radius 3 is 2.43 bits per heavy atom. The molecule has 47 heavy (non-hydrogen) atoms. The smallest absolute Gasteiger partial charge is 0.162 e. The molecule has 2 unspecified atom stereocenters. The van der Waals surface area contributed by atoms with Crippen LogP contribution in [0.4, 0.5) is 0 Å². The van der Waals surface area contributed by atoms with Crippen molar-refractivity contribution in [3.05, 3.63) is 11.1 Å². The zero-order valence-corrected chi connectivity index (χ0v) is 30.1. The topological polar surface area (TPSA) is 153 Å².